The first-order chi connectivity index (χ1) is 27.2. The number of furan rings is 1. The van der Waals surface area contributed by atoms with E-state index < -0.39 is 0 Å². The average molecular weight is 707 g/mol. The highest BCUT2D eigenvalue weighted by molar-refractivity contribution is 6.13. The topological polar surface area (TPSA) is 90.5 Å². The Kier molecular flexibility index (Phi) is 8.00. The number of benzene rings is 7. The van der Waals surface area contributed by atoms with Gasteiger partial charge in [-0.2, -0.15) is 0 Å². The molecule has 0 amide bonds. The van der Waals surface area contributed by atoms with Crippen molar-refractivity contribution in [3.8, 4) is 79.5 Å². The highest BCUT2D eigenvalue weighted by Crippen LogP contribution is 2.40. The van der Waals surface area contributed by atoms with Crippen molar-refractivity contribution in [2.24, 2.45) is 0 Å². The third-order valence-corrected chi connectivity index (χ3v) is 9.57. The normalized spacial score (nSPS) is 11.3. The molecule has 0 atom stereocenters. The van der Waals surface area contributed by atoms with Gasteiger partial charge in [-0.25, -0.2) is 29.9 Å². The molecule has 7 heteroatoms. The smallest absolute Gasteiger partial charge is 0.164 e. The van der Waals surface area contributed by atoms with Crippen LogP contribution >= 0.6 is 0 Å². The van der Waals surface area contributed by atoms with Gasteiger partial charge in [0.2, 0.25) is 0 Å². The minimum Gasteiger partial charge on any atom is -0.456 e. The lowest BCUT2D eigenvalue weighted by atomic mass is 9.97. The molecule has 3 aromatic heterocycles. The predicted molar refractivity (Wildman–Crippen MR) is 219 cm³/mol. The second-order valence-electron chi connectivity index (χ2n) is 13.2. The van der Waals surface area contributed by atoms with E-state index in [4.69, 9.17) is 34.3 Å². The zero-order valence-corrected chi connectivity index (χ0v) is 29.4. The molecule has 0 saturated heterocycles. The lowest BCUT2D eigenvalue weighted by molar-refractivity contribution is 0.669. The summed E-state index contributed by atoms with van der Waals surface area (Å²) in [5.41, 5.74) is 8.78. The Morgan fingerprint density at radius 2 is 0.673 bits per heavy atom. The van der Waals surface area contributed by atoms with Gasteiger partial charge in [0.05, 0.1) is 0 Å². The lowest BCUT2D eigenvalue weighted by Gasteiger charge is -2.12. The zero-order chi connectivity index (χ0) is 36.6. The quantitative estimate of drug-likeness (QED) is 0.163. The van der Waals surface area contributed by atoms with Crippen LogP contribution in [-0.4, -0.2) is 29.9 Å². The van der Waals surface area contributed by atoms with Crippen LogP contribution in [0.4, 0.5) is 0 Å². The Hall–Kier alpha value is -7.64. The number of nitrogens with zero attached hydrogens (tertiary/aromatic N) is 6. The molecule has 0 radical (unpaired) electrons. The molecule has 55 heavy (non-hydrogen) atoms. The summed E-state index contributed by atoms with van der Waals surface area (Å²) in [6.45, 7) is 0. The maximum atomic E-state index is 6.55. The standard InChI is InChI=1S/C48H30N6O/c1-5-16-31(17-6-1)43-49-44(32-18-7-2-8-19-32)52-47(51-43)36-25-15-24-35(28-36)37-29-39(42-38-26-13-14-27-40(38)55-41(42)30-37)48-53-45(33-20-9-3-10-21-33)50-46(54-48)34-22-11-4-12-23-34/h1-30H. The summed E-state index contributed by atoms with van der Waals surface area (Å²) in [5.74, 6) is 3.54. The molecule has 3 heterocycles. The van der Waals surface area contributed by atoms with E-state index in [0.717, 1.165) is 66.4 Å². The summed E-state index contributed by atoms with van der Waals surface area (Å²) in [4.78, 5) is 30.1. The Labute approximate surface area is 316 Å². The van der Waals surface area contributed by atoms with E-state index >= 15 is 0 Å². The summed E-state index contributed by atoms with van der Waals surface area (Å²) >= 11 is 0. The molecule has 0 spiro atoms. The maximum absolute atomic E-state index is 6.55. The molecular weight excluding hydrogens is 677 g/mol. The summed E-state index contributed by atoms with van der Waals surface area (Å²) in [6.07, 6.45) is 0. The molecule has 7 nitrogen and oxygen atoms in total. The van der Waals surface area contributed by atoms with Gasteiger partial charge in [0.25, 0.3) is 0 Å². The van der Waals surface area contributed by atoms with Gasteiger partial charge in [0.1, 0.15) is 11.2 Å². The van der Waals surface area contributed by atoms with Crippen molar-refractivity contribution in [3.63, 3.8) is 0 Å². The van der Waals surface area contributed by atoms with Gasteiger partial charge in [-0.05, 0) is 35.4 Å². The van der Waals surface area contributed by atoms with E-state index in [1.807, 2.05) is 152 Å². The SMILES string of the molecule is c1ccc(-c2nc(-c3ccccc3)nc(-c3cccc(-c4cc(-c5nc(-c6ccccc6)nc(-c6ccccc6)n5)c5c(c4)oc4ccccc45)c3)n2)cc1. The van der Waals surface area contributed by atoms with Crippen LogP contribution in [0.15, 0.2) is 186 Å². The molecule has 258 valence electrons. The molecular formula is C48H30N6O. The van der Waals surface area contributed by atoms with Crippen molar-refractivity contribution in [2.75, 3.05) is 0 Å². The second kappa shape index (κ2) is 13.7. The number of aromatic nitrogens is 6. The monoisotopic (exact) mass is 706 g/mol. The van der Waals surface area contributed by atoms with Crippen LogP contribution in [0.2, 0.25) is 0 Å². The highest BCUT2D eigenvalue weighted by Gasteiger charge is 2.20. The van der Waals surface area contributed by atoms with E-state index in [-0.39, 0.29) is 0 Å². The van der Waals surface area contributed by atoms with Crippen LogP contribution in [-0.2, 0) is 0 Å². The van der Waals surface area contributed by atoms with Crippen molar-refractivity contribution in [2.45, 2.75) is 0 Å². The molecule has 10 aromatic rings. The Bertz CT molecular complexity index is 2850. The average Bonchev–Trinajstić information content (AvgIpc) is 3.66. The van der Waals surface area contributed by atoms with Crippen molar-refractivity contribution in [3.05, 3.63) is 182 Å². The molecule has 0 saturated carbocycles. The van der Waals surface area contributed by atoms with Gasteiger partial charge < -0.3 is 4.42 Å². The minimum absolute atomic E-state index is 0.555. The van der Waals surface area contributed by atoms with Crippen LogP contribution < -0.4 is 0 Å². The van der Waals surface area contributed by atoms with E-state index in [9.17, 15) is 0 Å². The summed E-state index contributed by atoms with van der Waals surface area (Å²) in [5, 5.41) is 1.93. The first-order valence-electron chi connectivity index (χ1n) is 18.0. The van der Waals surface area contributed by atoms with Gasteiger partial charge in [-0.15, -0.1) is 0 Å². The van der Waals surface area contributed by atoms with Crippen molar-refractivity contribution >= 4 is 21.9 Å². The van der Waals surface area contributed by atoms with Crippen molar-refractivity contribution < 1.29 is 4.42 Å². The summed E-state index contributed by atoms with van der Waals surface area (Å²) < 4.78 is 6.55. The van der Waals surface area contributed by atoms with Crippen LogP contribution in [0.25, 0.3) is 101 Å². The molecule has 10 rings (SSSR count). The third kappa shape index (κ3) is 6.19. The van der Waals surface area contributed by atoms with E-state index in [0.29, 0.717) is 34.9 Å². The number of hydrogen-bond acceptors (Lipinski definition) is 7. The molecule has 0 aliphatic heterocycles. The lowest BCUT2D eigenvalue weighted by Crippen LogP contribution is -2.01. The largest absolute Gasteiger partial charge is 0.456 e. The fourth-order valence-corrected chi connectivity index (χ4v) is 6.90. The second-order valence-corrected chi connectivity index (χ2v) is 13.2. The van der Waals surface area contributed by atoms with Gasteiger partial charge in [0, 0.05) is 44.2 Å². The van der Waals surface area contributed by atoms with E-state index in [1.54, 1.807) is 0 Å². The summed E-state index contributed by atoms with van der Waals surface area (Å²) in [6, 6.07) is 60.7. The zero-order valence-electron chi connectivity index (χ0n) is 29.4. The first-order valence-corrected chi connectivity index (χ1v) is 18.0. The van der Waals surface area contributed by atoms with E-state index in [2.05, 4.69) is 30.3 Å². The molecule has 0 aliphatic carbocycles. The third-order valence-electron chi connectivity index (χ3n) is 9.57. The predicted octanol–water partition coefficient (Wildman–Crippen LogP) is 11.6. The molecule has 0 N–H and O–H groups in total. The highest BCUT2D eigenvalue weighted by atomic mass is 16.3. The van der Waals surface area contributed by atoms with Crippen LogP contribution in [0.1, 0.15) is 0 Å². The Balaban J connectivity index is 1.17. The van der Waals surface area contributed by atoms with Crippen LogP contribution in [0.5, 0.6) is 0 Å². The Morgan fingerprint density at radius 3 is 1.18 bits per heavy atom. The maximum Gasteiger partial charge on any atom is 0.164 e. The number of para-hydroxylation sites is 1. The van der Waals surface area contributed by atoms with Gasteiger partial charge in [0.15, 0.2) is 34.9 Å². The van der Waals surface area contributed by atoms with Crippen molar-refractivity contribution in [1.29, 1.82) is 0 Å². The van der Waals surface area contributed by atoms with Gasteiger partial charge in [-0.1, -0.05) is 158 Å². The van der Waals surface area contributed by atoms with Crippen LogP contribution in [0, 0.1) is 0 Å². The molecule has 0 unspecified atom stereocenters. The minimum atomic E-state index is 0.555. The molecule has 0 aliphatic rings. The Morgan fingerprint density at radius 1 is 0.273 bits per heavy atom. The molecule has 0 fully saturated rings. The van der Waals surface area contributed by atoms with Gasteiger partial charge >= 0.3 is 0 Å². The van der Waals surface area contributed by atoms with Crippen molar-refractivity contribution in [1.82, 2.24) is 29.9 Å². The first kappa shape index (κ1) is 32.0. The van der Waals surface area contributed by atoms with E-state index in [1.165, 1.54) is 0 Å². The number of rotatable bonds is 7. The number of hydrogen-bond donors (Lipinski definition) is 0. The summed E-state index contributed by atoms with van der Waals surface area (Å²) in [7, 11) is 0. The molecule has 7 aromatic carbocycles. The fourth-order valence-electron chi connectivity index (χ4n) is 6.90. The molecule has 0 bridgehead atoms. The van der Waals surface area contributed by atoms with Crippen LogP contribution in [0.3, 0.4) is 0 Å². The number of fused-ring (bicyclic) bond motifs is 3. The fraction of sp³-hybridized carbons (Fsp3) is 0. The van der Waals surface area contributed by atoms with Gasteiger partial charge in [-0.3, -0.25) is 0 Å².